The zero-order valence-corrected chi connectivity index (χ0v) is 11.0. The van der Waals surface area contributed by atoms with E-state index in [0.717, 1.165) is 16.9 Å². The van der Waals surface area contributed by atoms with Crippen LogP contribution >= 0.6 is 11.6 Å². The van der Waals surface area contributed by atoms with Crippen LogP contribution in [-0.2, 0) is 13.0 Å². The molecule has 2 aromatic carbocycles. The van der Waals surface area contributed by atoms with Crippen molar-refractivity contribution in [3.8, 4) is 5.75 Å². The first-order valence-electron chi connectivity index (χ1n) is 5.90. The fourth-order valence-electron chi connectivity index (χ4n) is 1.69. The van der Waals surface area contributed by atoms with Crippen LogP contribution in [0, 0.1) is 0 Å². The van der Waals surface area contributed by atoms with Gasteiger partial charge in [0.25, 0.3) is 0 Å². The third-order valence-electron chi connectivity index (χ3n) is 2.61. The molecule has 0 fully saturated rings. The highest BCUT2D eigenvalue weighted by molar-refractivity contribution is 6.65. The van der Waals surface area contributed by atoms with Crippen LogP contribution in [-0.4, -0.2) is 10.4 Å². The molecule has 19 heavy (non-hydrogen) atoms. The van der Waals surface area contributed by atoms with E-state index >= 15 is 0 Å². The van der Waals surface area contributed by atoms with E-state index in [4.69, 9.17) is 21.5 Å². The van der Waals surface area contributed by atoms with E-state index in [-0.39, 0.29) is 5.17 Å². The predicted molar refractivity (Wildman–Crippen MR) is 76.0 cm³/mol. The van der Waals surface area contributed by atoms with Gasteiger partial charge in [0.1, 0.15) is 17.5 Å². The van der Waals surface area contributed by atoms with Crippen LogP contribution in [0.15, 0.2) is 59.8 Å². The molecule has 0 amide bonds. The zero-order chi connectivity index (χ0) is 13.5. The number of hydrogen-bond donors (Lipinski definition) is 1. The molecule has 1 N–H and O–H groups in total. The van der Waals surface area contributed by atoms with Crippen molar-refractivity contribution >= 4 is 16.8 Å². The second-order valence-electron chi connectivity index (χ2n) is 4.07. The monoisotopic (exact) mass is 275 g/mol. The highest BCUT2D eigenvalue weighted by Gasteiger charge is 2.01. The first-order chi connectivity index (χ1) is 9.28. The summed E-state index contributed by atoms with van der Waals surface area (Å²) in [5, 5.41) is 11.6. The van der Waals surface area contributed by atoms with Crippen molar-refractivity contribution in [2.45, 2.75) is 13.0 Å². The number of oxime groups is 1. The molecule has 0 unspecified atom stereocenters. The van der Waals surface area contributed by atoms with Gasteiger partial charge < -0.3 is 9.94 Å². The lowest BCUT2D eigenvalue weighted by molar-refractivity contribution is 0.306. The maximum Gasteiger partial charge on any atom is 0.149 e. The standard InChI is InChI=1S/C15H14ClNO2/c16-15(17-18)10-13-7-4-8-14(9-13)19-11-12-5-2-1-3-6-12/h1-9,18H,10-11H2. The number of nitrogens with zero attached hydrogens (tertiary/aromatic N) is 1. The molecule has 3 nitrogen and oxygen atoms in total. The van der Waals surface area contributed by atoms with Gasteiger partial charge in [0.15, 0.2) is 0 Å². The van der Waals surface area contributed by atoms with Crippen molar-refractivity contribution in [1.29, 1.82) is 0 Å². The van der Waals surface area contributed by atoms with Crippen LogP contribution < -0.4 is 4.74 Å². The summed E-state index contributed by atoms with van der Waals surface area (Å²) in [7, 11) is 0. The second kappa shape index (κ2) is 6.81. The molecule has 0 aliphatic heterocycles. The van der Waals surface area contributed by atoms with Gasteiger partial charge in [0.2, 0.25) is 0 Å². The molecular formula is C15H14ClNO2. The molecule has 0 aromatic heterocycles. The second-order valence-corrected chi connectivity index (χ2v) is 4.51. The molecule has 0 saturated heterocycles. The van der Waals surface area contributed by atoms with Crippen molar-refractivity contribution in [2.24, 2.45) is 5.16 Å². The van der Waals surface area contributed by atoms with Gasteiger partial charge in [-0.1, -0.05) is 59.2 Å². The number of rotatable bonds is 5. The smallest absolute Gasteiger partial charge is 0.149 e. The predicted octanol–water partition coefficient (Wildman–Crippen LogP) is 3.83. The summed E-state index contributed by atoms with van der Waals surface area (Å²) in [4.78, 5) is 0. The quantitative estimate of drug-likeness (QED) is 0.512. The Morgan fingerprint density at radius 1 is 1.05 bits per heavy atom. The summed E-state index contributed by atoms with van der Waals surface area (Å²) in [5.74, 6) is 0.767. The van der Waals surface area contributed by atoms with Crippen molar-refractivity contribution in [3.63, 3.8) is 0 Å². The summed E-state index contributed by atoms with van der Waals surface area (Å²) < 4.78 is 5.70. The minimum Gasteiger partial charge on any atom is -0.489 e. The van der Waals surface area contributed by atoms with Crippen molar-refractivity contribution in [2.75, 3.05) is 0 Å². The molecule has 0 aliphatic carbocycles. The Morgan fingerprint density at radius 2 is 1.79 bits per heavy atom. The Morgan fingerprint density at radius 3 is 2.53 bits per heavy atom. The van der Waals surface area contributed by atoms with Crippen LogP contribution in [0.3, 0.4) is 0 Å². The molecule has 98 valence electrons. The Bertz CT molecular complexity index is 555. The van der Waals surface area contributed by atoms with E-state index < -0.39 is 0 Å². The van der Waals surface area contributed by atoms with Crippen LogP contribution in [0.25, 0.3) is 0 Å². The molecule has 0 heterocycles. The molecule has 0 bridgehead atoms. The zero-order valence-electron chi connectivity index (χ0n) is 10.3. The fraction of sp³-hybridized carbons (Fsp3) is 0.133. The normalized spacial score (nSPS) is 11.3. The first kappa shape index (κ1) is 13.4. The lowest BCUT2D eigenvalue weighted by atomic mass is 10.1. The SMILES string of the molecule is ON=C(Cl)Cc1cccc(OCc2ccccc2)c1. The summed E-state index contributed by atoms with van der Waals surface area (Å²) in [6.07, 6.45) is 0.389. The Balaban J connectivity index is 1.99. The van der Waals surface area contributed by atoms with Gasteiger partial charge in [-0.2, -0.15) is 0 Å². The van der Waals surface area contributed by atoms with Crippen molar-refractivity contribution in [1.82, 2.24) is 0 Å². The van der Waals surface area contributed by atoms with E-state index in [2.05, 4.69) is 5.16 Å². The highest BCUT2D eigenvalue weighted by Crippen LogP contribution is 2.16. The van der Waals surface area contributed by atoms with Gasteiger partial charge in [-0.25, -0.2) is 0 Å². The topological polar surface area (TPSA) is 41.8 Å². The summed E-state index contributed by atoms with van der Waals surface area (Å²) in [6, 6.07) is 17.5. The molecule has 0 atom stereocenters. The Kier molecular flexibility index (Phi) is 4.81. The van der Waals surface area contributed by atoms with Gasteiger partial charge in [-0.05, 0) is 23.3 Å². The molecule has 2 rings (SSSR count). The first-order valence-corrected chi connectivity index (χ1v) is 6.28. The lowest BCUT2D eigenvalue weighted by Gasteiger charge is -2.07. The molecule has 0 radical (unpaired) electrons. The van der Waals surface area contributed by atoms with Crippen LogP contribution in [0.1, 0.15) is 11.1 Å². The maximum absolute atomic E-state index is 8.54. The van der Waals surface area contributed by atoms with Crippen LogP contribution in [0.2, 0.25) is 0 Å². The average Bonchev–Trinajstić information content (AvgIpc) is 2.46. The molecule has 0 saturated carbocycles. The summed E-state index contributed by atoms with van der Waals surface area (Å²) >= 11 is 5.68. The minimum atomic E-state index is 0.153. The van der Waals surface area contributed by atoms with E-state index in [1.807, 2.05) is 54.6 Å². The maximum atomic E-state index is 8.54. The molecule has 2 aromatic rings. The van der Waals surface area contributed by atoms with Crippen LogP contribution in [0.4, 0.5) is 0 Å². The Labute approximate surface area is 117 Å². The Hall–Kier alpha value is -2.00. The number of hydrogen-bond acceptors (Lipinski definition) is 3. The van der Waals surface area contributed by atoms with E-state index in [1.54, 1.807) is 0 Å². The summed E-state index contributed by atoms with van der Waals surface area (Å²) in [5.41, 5.74) is 2.05. The van der Waals surface area contributed by atoms with Gasteiger partial charge in [0, 0.05) is 6.42 Å². The minimum absolute atomic E-state index is 0.153. The molecule has 4 heteroatoms. The number of benzene rings is 2. The van der Waals surface area contributed by atoms with E-state index in [9.17, 15) is 0 Å². The molecule has 0 aliphatic rings. The van der Waals surface area contributed by atoms with Crippen molar-refractivity contribution < 1.29 is 9.94 Å². The molecule has 0 spiro atoms. The number of halogens is 1. The third-order valence-corrected chi connectivity index (χ3v) is 2.81. The van der Waals surface area contributed by atoms with Gasteiger partial charge >= 0.3 is 0 Å². The van der Waals surface area contributed by atoms with Crippen molar-refractivity contribution in [3.05, 3.63) is 65.7 Å². The summed E-state index contributed by atoms with van der Waals surface area (Å²) in [6.45, 7) is 0.520. The molecular weight excluding hydrogens is 262 g/mol. The largest absolute Gasteiger partial charge is 0.489 e. The average molecular weight is 276 g/mol. The lowest BCUT2D eigenvalue weighted by Crippen LogP contribution is -1.98. The van der Waals surface area contributed by atoms with Gasteiger partial charge in [0.05, 0.1) is 0 Å². The van der Waals surface area contributed by atoms with E-state index in [1.165, 1.54) is 0 Å². The van der Waals surface area contributed by atoms with E-state index in [0.29, 0.717) is 13.0 Å². The van der Waals surface area contributed by atoms with Gasteiger partial charge in [-0.3, -0.25) is 0 Å². The third kappa shape index (κ3) is 4.30. The number of ether oxygens (including phenoxy) is 1. The van der Waals surface area contributed by atoms with Gasteiger partial charge in [-0.15, -0.1) is 0 Å². The fourth-order valence-corrected chi connectivity index (χ4v) is 1.84. The van der Waals surface area contributed by atoms with Crippen LogP contribution in [0.5, 0.6) is 5.75 Å². The highest BCUT2D eigenvalue weighted by atomic mass is 35.5.